The zero-order valence-electron chi connectivity index (χ0n) is 12.8. The van der Waals surface area contributed by atoms with Crippen LogP contribution in [0, 0.1) is 11.8 Å². The zero-order valence-corrected chi connectivity index (χ0v) is 13.6. The van der Waals surface area contributed by atoms with Gasteiger partial charge in [-0.25, -0.2) is 8.42 Å². The third kappa shape index (κ3) is 4.03. The standard InChI is InChI=1S/C16H19NO5S/c1-2-3-12-22-13-6-8-14(9-7-13)23(20,21)17-16(15(18)19)10-4-5-11-16/h6-9,17H,4-5,10-12H2,1H3,(H,18,19). The van der Waals surface area contributed by atoms with Crippen LogP contribution in [0.25, 0.3) is 0 Å². The van der Waals surface area contributed by atoms with Gasteiger partial charge >= 0.3 is 5.97 Å². The second-order valence-corrected chi connectivity index (χ2v) is 7.07. The molecular weight excluding hydrogens is 318 g/mol. The predicted molar refractivity (Wildman–Crippen MR) is 84.5 cm³/mol. The summed E-state index contributed by atoms with van der Waals surface area (Å²) in [6.45, 7) is 1.93. The molecule has 6 nitrogen and oxygen atoms in total. The number of carboxylic acids is 1. The Kier molecular flexibility index (Phi) is 5.29. The molecule has 23 heavy (non-hydrogen) atoms. The van der Waals surface area contributed by atoms with Crippen LogP contribution in [-0.2, 0) is 14.8 Å². The quantitative estimate of drug-likeness (QED) is 0.772. The number of rotatable bonds is 6. The van der Waals surface area contributed by atoms with Crippen molar-refractivity contribution < 1.29 is 23.1 Å². The highest BCUT2D eigenvalue weighted by atomic mass is 32.2. The summed E-state index contributed by atoms with van der Waals surface area (Å²) in [6, 6.07) is 5.82. The maximum atomic E-state index is 12.4. The van der Waals surface area contributed by atoms with Crippen LogP contribution in [0.4, 0.5) is 0 Å². The number of ether oxygens (including phenoxy) is 1. The first-order valence-electron chi connectivity index (χ1n) is 7.29. The van der Waals surface area contributed by atoms with Gasteiger partial charge in [-0.1, -0.05) is 18.8 Å². The van der Waals surface area contributed by atoms with Gasteiger partial charge < -0.3 is 9.84 Å². The summed E-state index contributed by atoms with van der Waals surface area (Å²) in [4.78, 5) is 11.5. The first kappa shape index (κ1) is 17.3. The normalized spacial score (nSPS) is 16.4. The van der Waals surface area contributed by atoms with Crippen molar-refractivity contribution in [3.05, 3.63) is 24.3 Å². The first-order valence-corrected chi connectivity index (χ1v) is 8.78. The molecule has 0 amide bonds. The van der Waals surface area contributed by atoms with Crippen molar-refractivity contribution in [3.63, 3.8) is 0 Å². The Bertz CT molecular complexity index is 722. The van der Waals surface area contributed by atoms with Gasteiger partial charge in [-0.15, -0.1) is 5.92 Å². The van der Waals surface area contributed by atoms with E-state index in [1.165, 1.54) is 24.3 Å². The molecule has 1 aliphatic carbocycles. The van der Waals surface area contributed by atoms with Crippen molar-refractivity contribution in [2.75, 3.05) is 6.61 Å². The molecular formula is C16H19NO5S. The molecule has 0 unspecified atom stereocenters. The lowest BCUT2D eigenvalue weighted by Crippen LogP contribution is -2.52. The van der Waals surface area contributed by atoms with Crippen LogP contribution in [-0.4, -0.2) is 31.6 Å². The molecule has 0 aromatic heterocycles. The number of carbonyl (C=O) groups is 1. The third-order valence-corrected chi connectivity index (χ3v) is 5.37. The van der Waals surface area contributed by atoms with Crippen LogP contribution in [0.1, 0.15) is 32.6 Å². The maximum Gasteiger partial charge on any atom is 0.324 e. The zero-order chi connectivity index (χ0) is 16.9. The minimum Gasteiger partial charge on any atom is -0.481 e. The van der Waals surface area contributed by atoms with Crippen LogP contribution < -0.4 is 9.46 Å². The van der Waals surface area contributed by atoms with Gasteiger partial charge in [0.25, 0.3) is 0 Å². The molecule has 0 heterocycles. The molecule has 0 saturated heterocycles. The van der Waals surface area contributed by atoms with E-state index in [2.05, 4.69) is 16.6 Å². The summed E-state index contributed by atoms with van der Waals surface area (Å²) in [7, 11) is -3.90. The van der Waals surface area contributed by atoms with E-state index in [1.807, 2.05) is 0 Å². The molecule has 0 bridgehead atoms. The number of hydrogen-bond donors (Lipinski definition) is 2. The molecule has 1 aromatic carbocycles. The Labute approximate surface area is 135 Å². The molecule has 0 atom stereocenters. The van der Waals surface area contributed by atoms with Crippen molar-refractivity contribution in [2.45, 2.75) is 43.0 Å². The van der Waals surface area contributed by atoms with Gasteiger partial charge in [0.15, 0.2) is 0 Å². The lowest BCUT2D eigenvalue weighted by atomic mass is 10.0. The Hall–Kier alpha value is -2.04. The van der Waals surface area contributed by atoms with E-state index in [4.69, 9.17) is 4.74 Å². The average Bonchev–Trinajstić information content (AvgIpc) is 2.97. The van der Waals surface area contributed by atoms with Crippen LogP contribution in [0.2, 0.25) is 0 Å². The van der Waals surface area contributed by atoms with Crippen molar-refractivity contribution in [1.29, 1.82) is 0 Å². The second-order valence-electron chi connectivity index (χ2n) is 5.39. The van der Waals surface area contributed by atoms with Gasteiger partial charge in [0, 0.05) is 0 Å². The summed E-state index contributed by atoms with van der Waals surface area (Å²) < 4.78 is 32.6. The molecule has 2 N–H and O–H groups in total. The van der Waals surface area contributed by atoms with Gasteiger partial charge in [-0.2, -0.15) is 4.72 Å². The summed E-state index contributed by atoms with van der Waals surface area (Å²) in [5.74, 6) is 4.80. The van der Waals surface area contributed by atoms with E-state index >= 15 is 0 Å². The van der Waals surface area contributed by atoms with E-state index in [1.54, 1.807) is 6.92 Å². The monoisotopic (exact) mass is 337 g/mol. The number of aliphatic carboxylic acids is 1. The number of hydrogen-bond acceptors (Lipinski definition) is 4. The summed E-state index contributed by atoms with van der Waals surface area (Å²) in [5, 5.41) is 9.38. The summed E-state index contributed by atoms with van der Waals surface area (Å²) >= 11 is 0. The fourth-order valence-corrected chi connectivity index (χ4v) is 3.98. The van der Waals surface area contributed by atoms with Gasteiger partial charge in [0.2, 0.25) is 10.0 Å². The highest BCUT2D eigenvalue weighted by molar-refractivity contribution is 7.89. The smallest absolute Gasteiger partial charge is 0.324 e. The molecule has 7 heteroatoms. The third-order valence-electron chi connectivity index (χ3n) is 3.82. The first-order chi connectivity index (χ1) is 10.9. The lowest BCUT2D eigenvalue weighted by Gasteiger charge is -2.25. The van der Waals surface area contributed by atoms with E-state index < -0.39 is 21.5 Å². The van der Waals surface area contributed by atoms with E-state index in [0.29, 0.717) is 31.4 Å². The number of nitrogens with one attached hydrogen (secondary N) is 1. The number of carboxylic acid groups (broad SMARTS) is 1. The molecule has 0 spiro atoms. The highest BCUT2D eigenvalue weighted by Crippen LogP contribution is 2.31. The molecule has 1 aromatic rings. The van der Waals surface area contributed by atoms with Crippen molar-refractivity contribution in [2.24, 2.45) is 0 Å². The van der Waals surface area contributed by atoms with Gasteiger partial charge in [0.05, 0.1) is 4.90 Å². The molecule has 1 aliphatic rings. The molecule has 124 valence electrons. The summed E-state index contributed by atoms with van der Waals surface area (Å²) in [6.07, 6.45) is 2.00. The minimum atomic E-state index is -3.90. The topological polar surface area (TPSA) is 92.7 Å². The van der Waals surface area contributed by atoms with Crippen LogP contribution in [0.5, 0.6) is 5.75 Å². The van der Waals surface area contributed by atoms with Crippen molar-refractivity contribution in [1.82, 2.24) is 4.72 Å². The fraction of sp³-hybridized carbons (Fsp3) is 0.438. The SMILES string of the molecule is CC#CCOc1ccc(S(=O)(=O)NC2(C(=O)O)CCCC2)cc1. The largest absolute Gasteiger partial charge is 0.481 e. The van der Waals surface area contributed by atoms with Gasteiger partial charge in [-0.05, 0) is 44.0 Å². The number of benzene rings is 1. The molecule has 1 fully saturated rings. The Morgan fingerprint density at radius 1 is 1.30 bits per heavy atom. The van der Waals surface area contributed by atoms with E-state index in [9.17, 15) is 18.3 Å². The molecule has 2 rings (SSSR count). The molecule has 0 aliphatic heterocycles. The Morgan fingerprint density at radius 3 is 2.43 bits per heavy atom. The second kappa shape index (κ2) is 7.02. The van der Waals surface area contributed by atoms with Crippen LogP contribution in [0.3, 0.4) is 0 Å². The van der Waals surface area contributed by atoms with E-state index in [-0.39, 0.29) is 11.5 Å². The highest BCUT2D eigenvalue weighted by Gasteiger charge is 2.44. The maximum absolute atomic E-state index is 12.4. The van der Waals surface area contributed by atoms with Crippen molar-refractivity contribution in [3.8, 4) is 17.6 Å². The lowest BCUT2D eigenvalue weighted by molar-refractivity contribution is -0.143. The summed E-state index contributed by atoms with van der Waals surface area (Å²) in [5.41, 5.74) is -1.40. The Morgan fingerprint density at radius 2 is 1.91 bits per heavy atom. The molecule has 0 radical (unpaired) electrons. The van der Waals surface area contributed by atoms with E-state index in [0.717, 1.165) is 0 Å². The van der Waals surface area contributed by atoms with Crippen molar-refractivity contribution >= 4 is 16.0 Å². The molecule has 1 saturated carbocycles. The fourth-order valence-electron chi connectivity index (χ4n) is 2.56. The predicted octanol–water partition coefficient (Wildman–Crippen LogP) is 1.76. The van der Waals surface area contributed by atoms with Crippen LogP contribution in [0.15, 0.2) is 29.2 Å². The average molecular weight is 337 g/mol. The van der Waals surface area contributed by atoms with Gasteiger partial charge in [0.1, 0.15) is 17.9 Å². The van der Waals surface area contributed by atoms with Crippen LogP contribution >= 0.6 is 0 Å². The Balaban J connectivity index is 2.15. The number of sulfonamides is 1. The van der Waals surface area contributed by atoms with Gasteiger partial charge in [-0.3, -0.25) is 4.79 Å². The minimum absolute atomic E-state index is 0.0129.